The number of carbonyl (C=O) groups is 1. The molecule has 0 saturated carbocycles. The van der Waals surface area contributed by atoms with Gasteiger partial charge in [-0.05, 0) is 62.2 Å². The van der Waals surface area contributed by atoms with Crippen LogP contribution >= 0.6 is 0 Å². The van der Waals surface area contributed by atoms with Gasteiger partial charge in [-0.3, -0.25) is 4.79 Å². The predicted octanol–water partition coefficient (Wildman–Crippen LogP) is 2.92. The molecule has 6 heteroatoms. The van der Waals surface area contributed by atoms with Crippen LogP contribution in [0.1, 0.15) is 23.4 Å². The molecule has 3 aliphatic rings. The van der Waals surface area contributed by atoms with Crippen molar-refractivity contribution >= 4 is 5.91 Å². The third-order valence-electron chi connectivity index (χ3n) is 5.24. The highest BCUT2D eigenvalue weighted by molar-refractivity contribution is 5.92. The maximum atomic E-state index is 13.8. The molecule has 1 atom stereocenters. The van der Waals surface area contributed by atoms with Gasteiger partial charge in [0.2, 0.25) is 0 Å². The molecule has 0 aliphatic carbocycles. The maximum absolute atomic E-state index is 13.8. The molecular weight excluding hydrogens is 323 g/mol. The van der Waals surface area contributed by atoms with Crippen molar-refractivity contribution in [3.8, 4) is 17.1 Å². The van der Waals surface area contributed by atoms with Gasteiger partial charge >= 0.3 is 0 Å². The van der Waals surface area contributed by atoms with Crippen molar-refractivity contribution in [3.05, 3.63) is 41.9 Å². The van der Waals surface area contributed by atoms with Crippen molar-refractivity contribution in [2.45, 2.75) is 18.9 Å². The molecule has 1 unspecified atom stereocenters. The van der Waals surface area contributed by atoms with Gasteiger partial charge < -0.3 is 19.4 Å². The minimum atomic E-state index is -0.463. The summed E-state index contributed by atoms with van der Waals surface area (Å²) in [5.41, 5.74) is 0.570. The first kappa shape index (κ1) is 16.1. The highest BCUT2D eigenvalue weighted by Gasteiger charge is 2.35. The smallest absolute Gasteiger partial charge is 0.287 e. The first-order chi connectivity index (χ1) is 12.1. The third-order valence-corrected chi connectivity index (χ3v) is 5.24. The number of rotatable bonds is 4. The first-order valence-corrected chi connectivity index (χ1v) is 8.61. The summed E-state index contributed by atoms with van der Waals surface area (Å²) < 4.78 is 24.4. The molecule has 2 bridgehead atoms. The number of piperidine rings is 3. The van der Waals surface area contributed by atoms with E-state index in [0.717, 1.165) is 32.5 Å². The highest BCUT2D eigenvalue weighted by Crippen LogP contribution is 2.29. The fourth-order valence-electron chi connectivity index (χ4n) is 3.80. The van der Waals surface area contributed by atoms with Gasteiger partial charge in [0, 0.05) is 18.2 Å². The van der Waals surface area contributed by atoms with Crippen LogP contribution in [-0.4, -0.2) is 43.6 Å². The fourth-order valence-corrected chi connectivity index (χ4v) is 3.80. The number of hydrogen-bond donors (Lipinski definition) is 1. The van der Waals surface area contributed by atoms with E-state index in [4.69, 9.17) is 9.15 Å². The Morgan fingerprint density at radius 2 is 2.08 bits per heavy atom. The van der Waals surface area contributed by atoms with Gasteiger partial charge in [-0.1, -0.05) is 0 Å². The van der Waals surface area contributed by atoms with E-state index in [9.17, 15) is 9.18 Å². The Balaban J connectivity index is 1.47. The van der Waals surface area contributed by atoms with E-state index in [0.29, 0.717) is 17.2 Å². The second-order valence-corrected chi connectivity index (χ2v) is 6.73. The Bertz CT molecular complexity index is 781. The SMILES string of the molecule is COc1ccc(-c2ccc(C(=O)NC3CN4CCC3CC4)o2)cc1F. The second kappa shape index (κ2) is 6.52. The zero-order valence-corrected chi connectivity index (χ0v) is 14.1. The largest absolute Gasteiger partial charge is 0.494 e. The first-order valence-electron chi connectivity index (χ1n) is 8.61. The van der Waals surface area contributed by atoms with Crippen LogP contribution in [0.4, 0.5) is 4.39 Å². The number of benzene rings is 1. The van der Waals surface area contributed by atoms with E-state index < -0.39 is 5.82 Å². The summed E-state index contributed by atoms with van der Waals surface area (Å²) >= 11 is 0. The summed E-state index contributed by atoms with van der Waals surface area (Å²) in [6.45, 7) is 3.17. The molecule has 3 saturated heterocycles. The molecule has 4 heterocycles. The molecule has 1 amide bonds. The molecule has 132 valence electrons. The van der Waals surface area contributed by atoms with E-state index in [-0.39, 0.29) is 23.5 Å². The van der Waals surface area contributed by atoms with Crippen LogP contribution in [0.3, 0.4) is 0 Å². The van der Waals surface area contributed by atoms with Crippen LogP contribution in [0.2, 0.25) is 0 Å². The summed E-state index contributed by atoms with van der Waals surface area (Å²) in [5.74, 6) is 0.770. The molecule has 3 fully saturated rings. The van der Waals surface area contributed by atoms with Gasteiger partial charge in [0.15, 0.2) is 17.3 Å². The lowest BCUT2D eigenvalue weighted by Crippen LogP contribution is -2.57. The lowest BCUT2D eigenvalue weighted by Gasteiger charge is -2.44. The van der Waals surface area contributed by atoms with Crippen molar-refractivity contribution in [1.29, 1.82) is 0 Å². The Labute approximate surface area is 145 Å². The number of carbonyl (C=O) groups excluding carboxylic acids is 1. The summed E-state index contributed by atoms with van der Waals surface area (Å²) in [6, 6.07) is 8.09. The number of ether oxygens (including phenoxy) is 1. The minimum Gasteiger partial charge on any atom is -0.494 e. The van der Waals surface area contributed by atoms with E-state index in [1.807, 2.05) is 0 Å². The average molecular weight is 344 g/mol. The van der Waals surface area contributed by atoms with Crippen molar-refractivity contribution in [2.24, 2.45) is 5.92 Å². The zero-order valence-electron chi connectivity index (χ0n) is 14.1. The molecule has 1 N–H and O–H groups in total. The number of halogens is 1. The van der Waals surface area contributed by atoms with E-state index >= 15 is 0 Å². The number of furan rings is 1. The third kappa shape index (κ3) is 3.14. The second-order valence-electron chi connectivity index (χ2n) is 6.73. The number of amides is 1. The zero-order chi connectivity index (χ0) is 17.4. The van der Waals surface area contributed by atoms with Crippen molar-refractivity contribution in [3.63, 3.8) is 0 Å². The lowest BCUT2D eigenvalue weighted by molar-refractivity contribution is 0.0606. The summed E-state index contributed by atoms with van der Waals surface area (Å²) in [7, 11) is 1.42. The number of hydrogen-bond acceptors (Lipinski definition) is 4. The van der Waals surface area contributed by atoms with Gasteiger partial charge in [-0.15, -0.1) is 0 Å². The van der Waals surface area contributed by atoms with E-state index in [1.165, 1.54) is 13.2 Å². The standard InChI is InChI=1S/C19H21FN2O3/c1-24-17-3-2-13(10-14(17)20)16-4-5-18(25-16)19(23)21-15-11-22-8-6-12(15)7-9-22/h2-5,10,12,15H,6-9,11H2,1H3,(H,21,23). The Kier molecular flexibility index (Phi) is 4.21. The number of nitrogens with one attached hydrogen (secondary N) is 1. The van der Waals surface area contributed by atoms with E-state index in [2.05, 4.69) is 10.2 Å². The van der Waals surface area contributed by atoms with Crippen LogP contribution < -0.4 is 10.1 Å². The number of fused-ring (bicyclic) bond motifs is 3. The van der Waals surface area contributed by atoms with Crippen LogP contribution in [-0.2, 0) is 0 Å². The molecule has 1 aromatic heterocycles. The average Bonchev–Trinajstić information content (AvgIpc) is 3.13. The minimum absolute atomic E-state index is 0.177. The Hall–Kier alpha value is -2.34. The molecule has 25 heavy (non-hydrogen) atoms. The molecular formula is C19H21FN2O3. The van der Waals surface area contributed by atoms with Gasteiger partial charge in [-0.25, -0.2) is 4.39 Å². The maximum Gasteiger partial charge on any atom is 0.287 e. The van der Waals surface area contributed by atoms with Crippen molar-refractivity contribution in [1.82, 2.24) is 10.2 Å². The van der Waals surface area contributed by atoms with Crippen LogP contribution in [0.25, 0.3) is 11.3 Å². The van der Waals surface area contributed by atoms with Gasteiger partial charge in [0.25, 0.3) is 5.91 Å². The summed E-state index contributed by atoms with van der Waals surface area (Å²) in [5, 5.41) is 3.09. The fraction of sp³-hybridized carbons (Fsp3) is 0.421. The van der Waals surface area contributed by atoms with Crippen LogP contribution in [0, 0.1) is 11.7 Å². The van der Waals surface area contributed by atoms with Gasteiger partial charge in [0.05, 0.1) is 7.11 Å². The number of methoxy groups -OCH3 is 1. The predicted molar refractivity (Wildman–Crippen MR) is 91.1 cm³/mol. The monoisotopic (exact) mass is 344 g/mol. The molecule has 5 nitrogen and oxygen atoms in total. The highest BCUT2D eigenvalue weighted by atomic mass is 19.1. The lowest BCUT2D eigenvalue weighted by atomic mass is 9.84. The molecule has 0 radical (unpaired) electrons. The van der Waals surface area contributed by atoms with E-state index in [1.54, 1.807) is 24.3 Å². The van der Waals surface area contributed by atoms with Gasteiger partial charge in [0.1, 0.15) is 5.76 Å². The Morgan fingerprint density at radius 3 is 2.72 bits per heavy atom. The molecule has 3 aliphatic heterocycles. The summed E-state index contributed by atoms with van der Waals surface area (Å²) in [6.07, 6.45) is 2.28. The Morgan fingerprint density at radius 1 is 1.28 bits per heavy atom. The molecule has 1 aromatic carbocycles. The molecule has 0 spiro atoms. The van der Waals surface area contributed by atoms with Crippen molar-refractivity contribution in [2.75, 3.05) is 26.7 Å². The van der Waals surface area contributed by atoms with Crippen LogP contribution in [0.5, 0.6) is 5.75 Å². The quantitative estimate of drug-likeness (QED) is 0.927. The van der Waals surface area contributed by atoms with Crippen molar-refractivity contribution < 1.29 is 18.3 Å². The normalized spacial score (nSPS) is 25.0. The van der Waals surface area contributed by atoms with Gasteiger partial charge in [-0.2, -0.15) is 0 Å². The molecule has 5 rings (SSSR count). The topological polar surface area (TPSA) is 54.7 Å². The summed E-state index contributed by atoms with van der Waals surface area (Å²) in [4.78, 5) is 14.9. The van der Waals surface area contributed by atoms with Crippen LogP contribution in [0.15, 0.2) is 34.7 Å². The number of nitrogens with zero attached hydrogens (tertiary/aromatic N) is 1. The molecule has 2 aromatic rings.